The summed E-state index contributed by atoms with van der Waals surface area (Å²) < 4.78 is 55.8. The van der Waals surface area contributed by atoms with E-state index in [4.69, 9.17) is 0 Å². The molecule has 0 radical (unpaired) electrons. The SMILES string of the molecule is Cc1c(NC(=O)NS(=O)(=O)c2cccc(NC(=O)Nc3ccccc3)c2)cccc1NC(=O)NS(=O)(=O)c1cccc(NC(=O)Nc2ccccc2)c1. The highest BCUT2D eigenvalue weighted by Crippen LogP contribution is 2.24. The molecule has 8 N–H and O–H groups in total. The van der Waals surface area contributed by atoms with Gasteiger partial charge in [0.15, 0.2) is 0 Å². The number of urea groups is 4. The van der Waals surface area contributed by atoms with Crippen molar-refractivity contribution in [3.8, 4) is 0 Å². The van der Waals surface area contributed by atoms with Gasteiger partial charge in [0.05, 0.1) is 9.79 Å². The summed E-state index contributed by atoms with van der Waals surface area (Å²) in [7, 11) is -8.83. The van der Waals surface area contributed by atoms with Gasteiger partial charge in [0.1, 0.15) is 0 Å². The third-order valence-electron chi connectivity index (χ3n) is 7.15. The van der Waals surface area contributed by atoms with Gasteiger partial charge in [-0.15, -0.1) is 0 Å². The lowest BCUT2D eigenvalue weighted by molar-refractivity contribution is 0.255. The van der Waals surface area contributed by atoms with E-state index in [1.54, 1.807) is 60.7 Å². The number of amides is 8. The average molecular weight is 757 g/mol. The van der Waals surface area contributed by atoms with Gasteiger partial charge in [-0.25, -0.2) is 45.5 Å². The molecular formula is C35H32N8O8S2. The van der Waals surface area contributed by atoms with Gasteiger partial charge in [0.25, 0.3) is 20.0 Å². The predicted octanol–water partition coefficient (Wildman–Crippen LogP) is 6.30. The van der Waals surface area contributed by atoms with Crippen molar-refractivity contribution >= 4 is 78.3 Å². The fraction of sp³-hybridized carbons (Fsp3) is 0.0286. The summed E-state index contributed by atoms with van der Waals surface area (Å²) in [5.41, 5.74) is 1.79. The van der Waals surface area contributed by atoms with Gasteiger partial charge < -0.3 is 31.9 Å². The first-order valence-electron chi connectivity index (χ1n) is 15.5. The Labute approximate surface area is 304 Å². The maximum Gasteiger partial charge on any atom is 0.333 e. The molecule has 272 valence electrons. The first-order chi connectivity index (χ1) is 25.3. The summed E-state index contributed by atoms with van der Waals surface area (Å²) in [6.45, 7) is 1.50. The minimum atomic E-state index is -4.42. The fourth-order valence-electron chi connectivity index (χ4n) is 4.68. The Hall–Kier alpha value is -6.92. The van der Waals surface area contributed by atoms with Crippen molar-refractivity contribution in [1.82, 2.24) is 9.44 Å². The van der Waals surface area contributed by atoms with Crippen LogP contribution in [0.5, 0.6) is 0 Å². The molecule has 0 aliphatic carbocycles. The maximum atomic E-state index is 13.0. The van der Waals surface area contributed by atoms with Crippen molar-refractivity contribution in [3.63, 3.8) is 0 Å². The zero-order valence-corrected chi connectivity index (χ0v) is 29.3. The number of carbonyl (C=O) groups excluding carboxylic acids is 4. The number of carbonyl (C=O) groups is 4. The van der Waals surface area contributed by atoms with Gasteiger partial charge in [-0.1, -0.05) is 54.6 Å². The van der Waals surface area contributed by atoms with Crippen molar-refractivity contribution in [1.29, 1.82) is 0 Å². The molecule has 5 aromatic carbocycles. The Morgan fingerprint density at radius 2 is 0.736 bits per heavy atom. The summed E-state index contributed by atoms with van der Waals surface area (Å²) in [6, 6.07) is 28.5. The van der Waals surface area contributed by atoms with E-state index in [9.17, 15) is 36.0 Å². The van der Waals surface area contributed by atoms with Gasteiger partial charge in [-0.05, 0) is 85.3 Å². The topological polar surface area (TPSA) is 233 Å². The van der Waals surface area contributed by atoms with Gasteiger partial charge >= 0.3 is 24.1 Å². The molecule has 0 aromatic heterocycles. The van der Waals surface area contributed by atoms with E-state index < -0.39 is 44.2 Å². The summed E-state index contributed by atoms with van der Waals surface area (Å²) in [6.07, 6.45) is 0. The van der Waals surface area contributed by atoms with Crippen LogP contribution in [0.3, 0.4) is 0 Å². The summed E-state index contributed by atoms with van der Waals surface area (Å²) in [5.74, 6) is 0. The second-order valence-electron chi connectivity index (χ2n) is 11.0. The summed E-state index contributed by atoms with van der Waals surface area (Å²) in [4.78, 5) is 49.7. The van der Waals surface area contributed by atoms with E-state index >= 15 is 0 Å². The highest BCUT2D eigenvalue weighted by atomic mass is 32.2. The Morgan fingerprint density at radius 1 is 0.396 bits per heavy atom. The standard InChI is InChI=1S/C35H32N8O8S2/c1-23-30(40-34(46)42-52(48,49)28-17-8-15-26(21-28)38-32(44)36-24-11-4-2-5-12-24)19-10-20-31(23)41-35(47)43-53(50,51)29-18-9-16-27(22-29)39-33(45)37-25-13-6-3-7-14-25/h2-22H,1H3,(H2,36,38,44)(H2,37,39,45)(H2,40,42,46)(H2,41,43,47). The number of para-hydroxylation sites is 2. The van der Waals surface area contributed by atoms with Crippen molar-refractivity contribution in [3.05, 3.63) is 133 Å². The molecule has 16 nitrogen and oxygen atoms in total. The highest BCUT2D eigenvalue weighted by molar-refractivity contribution is 7.90. The molecule has 8 amide bonds. The first kappa shape index (κ1) is 37.3. The van der Waals surface area contributed by atoms with Crippen LogP contribution < -0.4 is 41.3 Å². The smallest absolute Gasteiger partial charge is 0.308 e. The van der Waals surface area contributed by atoms with Crippen molar-refractivity contribution in [2.45, 2.75) is 16.7 Å². The monoisotopic (exact) mass is 756 g/mol. The Kier molecular flexibility index (Phi) is 11.6. The number of nitrogens with one attached hydrogen (secondary N) is 8. The van der Waals surface area contributed by atoms with Crippen LogP contribution in [-0.2, 0) is 20.0 Å². The molecule has 5 rings (SSSR count). The normalized spacial score (nSPS) is 11.0. The molecule has 0 atom stereocenters. The van der Waals surface area contributed by atoms with Crippen molar-refractivity contribution in [2.75, 3.05) is 31.9 Å². The molecule has 0 heterocycles. The molecule has 0 unspecified atom stereocenters. The Bertz CT molecular complexity index is 2210. The first-order valence-corrected chi connectivity index (χ1v) is 18.5. The van der Waals surface area contributed by atoms with E-state index in [1.165, 1.54) is 61.5 Å². The van der Waals surface area contributed by atoms with Crippen LogP contribution in [0.4, 0.5) is 53.3 Å². The highest BCUT2D eigenvalue weighted by Gasteiger charge is 2.21. The van der Waals surface area contributed by atoms with Gasteiger partial charge in [0, 0.05) is 34.1 Å². The van der Waals surface area contributed by atoms with Gasteiger partial charge in [-0.2, -0.15) is 0 Å². The quantitative estimate of drug-likeness (QED) is 0.0803. The van der Waals surface area contributed by atoms with Crippen LogP contribution in [0, 0.1) is 6.92 Å². The largest absolute Gasteiger partial charge is 0.333 e. The van der Waals surface area contributed by atoms with E-state index in [-0.39, 0.29) is 38.1 Å². The third kappa shape index (κ3) is 10.5. The van der Waals surface area contributed by atoms with Crippen LogP contribution in [0.2, 0.25) is 0 Å². The molecule has 0 saturated heterocycles. The van der Waals surface area contributed by atoms with Crippen LogP contribution in [0.25, 0.3) is 0 Å². The zero-order chi connectivity index (χ0) is 38.0. The summed E-state index contributed by atoms with van der Waals surface area (Å²) in [5, 5.41) is 15.1. The van der Waals surface area contributed by atoms with Crippen LogP contribution in [0.1, 0.15) is 5.56 Å². The number of anilines is 6. The average Bonchev–Trinajstić information content (AvgIpc) is 3.10. The lowest BCUT2D eigenvalue weighted by atomic mass is 10.1. The lowest BCUT2D eigenvalue weighted by Gasteiger charge is -2.15. The minimum absolute atomic E-state index is 0.0962. The van der Waals surface area contributed by atoms with Gasteiger partial charge in [0.2, 0.25) is 0 Å². The number of hydrogen-bond donors (Lipinski definition) is 8. The zero-order valence-electron chi connectivity index (χ0n) is 27.7. The number of hydrogen-bond acceptors (Lipinski definition) is 8. The lowest BCUT2D eigenvalue weighted by Crippen LogP contribution is -2.35. The second kappa shape index (κ2) is 16.4. The van der Waals surface area contributed by atoms with E-state index in [0.29, 0.717) is 11.4 Å². The van der Waals surface area contributed by atoms with E-state index in [1.807, 2.05) is 9.44 Å². The molecule has 0 saturated carbocycles. The number of benzene rings is 5. The molecule has 0 spiro atoms. The summed E-state index contributed by atoms with van der Waals surface area (Å²) >= 11 is 0. The fourth-order valence-corrected chi connectivity index (χ4v) is 6.58. The van der Waals surface area contributed by atoms with Crippen molar-refractivity contribution in [2.24, 2.45) is 0 Å². The molecule has 0 fully saturated rings. The van der Waals surface area contributed by atoms with Gasteiger partial charge in [-0.3, -0.25) is 0 Å². The van der Waals surface area contributed by atoms with Crippen LogP contribution >= 0.6 is 0 Å². The molecule has 5 aromatic rings. The minimum Gasteiger partial charge on any atom is -0.308 e. The molecule has 0 aliphatic heterocycles. The second-order valence-corrected chi connectivity index (χ2v) is 14.4. The molecule has 0 aliphatic rings. The molecule has 53 heavy (non-hydrogen) atoms. The molecular weight excluding hydrogens is 725 g/mol. The Morgan fingerprint density at radius 3 is 1.13 bits per heavy atom. The van der Waals surface area contributed by atoms with Crippen LogP contribution in [0.15, 0.2) is 137 Å². The Balaban J connectivity index is 1.17. The maximum absolute atomic E-state index is 13.0. The van der Waals surface area contributed by atoms with Crippen molar-refractivity contribution < 1.29 is 36.0 Å². The molecule has 0 bridgehead atoms. The number of sulfonamides is 2. The van der Waals surface area contributed by atoms with E-state index in [0.717, 1.165) is 12.1 Å². The molecule has 18 heteroatoms. The van der Waals surface area contributed by atoms with E-state index in [2.05, 4.69) is 31.9 Å². The third-order valence-corrected chi connectivity index (χ3v) is 9.81. The van der Waals surface area contributed by atoms with Crippen LogP contribution in [-0.4, -0.2) is 41.0 Å². The number of rotatable bonds is 10. The predicted molar refractivity (Wildman–Crippen MR) is 201 cm³/mol.